The number of hydrogen-bond acceptors (Lipinski definition) is 4. The lowest BCUT2D eigenvalue weighted by molar-refractivity contribution is -0.119. The highest BCUT2D eigenvalue weighted by Gasteiger charge is 2.22. The first-order valence-electron chi connectivity index (χ1n) is 9.73. The summed E-state index contributed by atoms with van der Waals surface area (Å²) in [6.07, 6.45) is 6.23. The minimum Gasteiger partial charge on any atom is -0.469 e. The molecule has 3 amide bonds. The molecule has 0 aliphatic heterocycles. The number of anilines is 2. The number of amides is 3. The van der Waals surface area contributed by atoms with E-state index in [1.807, 2.05) is 6.07 Å². The molecule has 28 heavy (non-hydrogen) atoms. The number of aliphatic hydroxyl groups excluding tert-OH is 1. The van der Waals surface area contributed by atoms with Crippen LogP contribution in [-0.4, -0.2) is 30.2 Å². The van der Waals surface area contributed by atoms with Crippen molar-refractivity contribution in [1.29, 1.82) is 0 Å². The summed E-state index contributed by atoms with van der Waals surface area (Å²) in [4.78, 5) is 24.4. The van der Waals surface area contributed by atoms with Crippen molar-refractivity contribution in [1.82, 2.24) is 5.32 Å². The van der Waals surface area contributed by atoms with Crippen LogP contribution in [-0.2, 0) is 11.2 Å². The SMILES string of the molecule is O=C(NCC(CO)Cc1ccco1)Nc1cccc(NC(=O)C2CCCC2)c1. The molecule has 0 spiro atoms. The van der Waals surface area contributed by atoms with Gasteiger partial charge in [0.05, 0.1) is 6.26 Å². The predicted octanol–water partition coefficient (Wildman–Crippen LogP) is 3.38. The summed E-state index contributed by atoms with van der Waals surface area (Å²) in [6.45, 7) is 0.269. The number of benzene rings is 1. The minimum atomic E-state index is -0.364. The number of rotatable bonds is 8. The highest BCUT2D eigenvalue weighted by atomic mass is 16.3. The highest BCUT2D eigenvalue weighted by Crippen LogP contribution is 2.26. The summed E-state index contributed by atoms with van der Waals surface area (Å²) in [7, 11) is 0. The molecule has 7 heteroatoms. The maximum atomic E-state index is 12.2. The molecule has 0 bridgehead atoms. The van der Waals surface area contributed by atoms with Crippen LogP contribution in [0.3, 0.4) is 0 Å². The van der Waals surface area contributed by atoms with Crippen molar-refractivity contribution >= 4 is 23.3 Å². The lowest BCUT2D eigenvalue weighted by Crippen LogP contribution is -2.35. The van der Waals surface area contributed by atoms with E-state index in [4.69, 9.17) is 4.42 Å². The second kappa shape index (κ2) is 9.94. The Hall–Kier alpha value is -2.80. The zero-order valence-electron chi connectivity index (χ0n) is 15.8. The Kier molecular flexibility index (Phi) is 7.08. The summed E-state index contributed by atoms with van der Waals surface area (Å²) < 4.78 is 5.28. The molecular formula is C21H27N3O4. The second-order valence-corrected chi connectivity index (χ2v) is 7.22. The number of aliphatic hydroxyl groups is 1. The van der Waals surface area contributed by atoms with Crippen LogP contribution in [0, 0.1) is 11.8 Å². The van der Waals surface area contributed by atoms with Crippen LogP contribution in [0.15, 0.2) is 47.1 Å². The number of urea groups is 1. The first-order valence-corrected chi connectivity index (χ1v) is 9.73. The summed E-state index contributed by atoms with van der Waals surface area (Å²) in [5.74, 6) is 0.771. The molecule has 1 aromatic carbocycles. The number of hydrogen-bond donors (Lipinski definition) is 4. The van der Waals surface area contributed by atoms with E-state index >= 15 is 0 Å². The molecule has 1 aliphatic carbocycles. The molecule has 2 aromatic rings. The van der Waals surface area contributed by atoms with E-state index in [2.05, 4.69) is 16.0 Å². The first-order chi connectivity index (χ1) is 13.6. The Morgan fingerprint density at radius 2 is 1.86 bits per heavy atom. The molecule has 150 valence electrons. The van der Waals surface area contributed by atoms with E-state index < -0.39 is 0 Å². The molecule has 3 rings (SSSR count). The van der Waals surface area contributed by atoms with E-state index in [9.17, 15) is 14.7 Å². The van der Waals surface area contributed by atoms with Gasteiger partial charge in [0.1, 0.15) is 5.76 Å². The summed E-state index contributed by atoms with van der Waals surface area (Å²) >= 11 is 0. The van der Waals surface area contributed by atoms with Crippen LogP contribution in [0.5, 0.6) is 0 Å². The zero-order chi connectivity index (χ0) is 19.8. The van der Waals surface area contributed by atoms with Gasteiger partial charge in [-0.2, -0.15) is 0 Å². The average molecular weight is 385 g/mol. The Bertz CT molecular complexity index is 770. The highest BCUT2D eigenvalue weighted by molar-refractivity contribution is 5.94. The molecular weight excluding hydrogens is 358 g/mol. The van der Waals surface area contributed by atoms with E-state index in [1.54, 1.807) is 36.6 Å². The van der Waals surface area contributed by atoms with Gasteiger partial charge in [0.2, 0.25) is 5.91 Å². The topological polar surface area (TPSA) is 104 Å². The van der Waals surface area contributed by atoms with Crippen molar-refractivity contribution in [2.75, 3.05) is 23.8 Å². The molecule has 0 saturated heterocycles. The number of carbonyl (C=O) groups is 2. The third-order valence-corrected chi connectivity index (χ3v) is 4.99. The summed E-state index contributed by atoms with van der Waals surface area (Å²) in [5, 5.41) is 17.9. The average Bonchev–Trinajstić information content (AvgIpc) is 3.39. The van der Waals surface area contributed by atoms with Gasteiger partial charge < -0.3 is 25.5 Å². The van der Waals surface area contributed by atoms with Crippen molar-refractivity contribution in [2.45, 2.75) is 32.1 Å². The Balaban J connectivity index is 1.47. The molecule has 1 unspecified atom stereocenters. The first kappa shape index (κ1) is 19.9. The minimum absolute atomic E-state index is 0.0443. The van der Waals surface area contributed by atoms with Crippen molar-refractivity contribution in [3.05, 3.63) is 48.4 Å². The van der Waals surface area contributed by atoms with Gasteiger partial charge in [0.15, 0.2) is 0 Å². The number of nitrogens with one attached hydrogen (secondary N) is 3. The Labute approximate surface area is 164 Å². The molecule has 1 aromatic heterocycles. The van der Waals surface area contributed by atoms with Crippen LogP contribution in [0.2, 0.25) is 0 Å². The van der Waals surface area contributed by atoms with E-state index in [0.717, 1.165) is 31.4 Å². The molecule has 7 nitrogen and oxygen atoms in total. The number of furan rings is 1. The standard InChI is InChI=1S/C21H27N3O4/c25-14-15(11-19-9-4-10-28-19)13-22-21(27)24-18-8-3-7-17(12-18)23-20(26)16-5-1-2-6-16/h3-4,7-10,12,15-16,25H,1-2,5-6,11,13-14H2,(H,23,26)(H2,22,24,27). The van der Waals surface area contributed by atoms with Crippen LogP contribution >= 0.6 is 0 Å². The summed E-state index contributed by atoms with van der Waals surface area (Å²) in [6, 6.07) is 10.4. The van der Waals surface area contributed by atoms with Crippen LogP contribution in [0.25, 0.3) is 0 Å². The molecule has 4 N–H and O–H groups in total. The monoisotopic (exact) mass is 385 g/mol. The quantitative estimate of drug-likeness (QED) is 0.559. The zero-order valence-corrected chi connectivity index (χ0v) is 15.8. The normalized spacial score (nSPS) is 15.2. The van der Waals surface area contributed by atoms with Gasteiger partial charge in [0, 0.05) is 42.8 Å². The van der Waals surface area contributed by atoms with Gasteiger partial charge in [-0.25, -0.2) is 4.79 Å². The molecule has 1 saturated carbocycles. The van der Waals surface area contributed by atoms with Gasteiger partial charge in [-0.05, 0) is 43.2 Å². The second-order valence-electron chi connectivity index (χ2n) is 7.22. The molecule has 1 fully saturated rings. The van der Waals surface area contributed by atoms with Gasteiger partial charge >= 0.3 is 6.03 Å². The Morgan fingerprint density at radius 1 is 1.11 bits per heavy atom. The molecule has 1 heterocycles. The van der Waals surface area contributed by atoms with Crippen molar-refractivity contribution in [3.63, 3.8) is 0 Å². The van der Waals surface area contributed by atoms with Crippen molar-refractivity contribution in [3.8, 4) is 0 Å². The van der Waals surface area contributed by atoms with E-state index in [1.165, 1.54) is 0 Å². The lowest BCUT2D eigenvalue weighted by atomic mass is 10.1. The Morgan fingerprint density at radius 3 is 2.54 bits per heavy atom. The third kappa shape index (κ3) is 5.85. The van der Waals surface area contributed by atoms with Gasteiger partial charge in [-0.1, -0.05) is 18.9 Å². The van der Waals surface area contributed by atoms with Crippen LogP contribution < -0.4 is 16.0 Å². The number of carbonyl (C=O) groups excluding carboxylic acids is 2. The third-order valence-electron chi connectivity index (χ3n) is 4.99. The smallest absolute Gasteiger partial charge is 0.319 e. The van der Waals surface area contributed by atoms with Gasteiger partial charge in [-0.3, -0.25) is 4.79 Å². The van der Waals surface area contributed by atoms with Crippen molar-refractivity contribution < 1.29 is 19.1 Å². The molecule has 1 aliphatic rings. The predicted molar refractivity (Wildman–Crippen MR) is 107 cm³/mol. The van der Waals surface area contributed by atoms with E-state index in [-0.39, 0.29) is 30.4 Å². The lowest BCUT2D eigenvalue weighted by Gasteiger charge is -2.15. The fourth-order valence-corrected chi connectivity index (χ4v) is 3.43. The maximum absolute atomic E-state index is 12.2. The molecule has 0 radical (unpaired) electrons. The fraction of sp³-hybridized carbons (Fsp3) is 0.429. The van der Waals surface area contributed by atoms with Crippen LogP contribution in [0.1, 0.15) is 31.4 Å². The molecule has 1 atom stereocenters. The van der Waals surface area contributed by atoms with Gasteiger partial charge in [-0.15, -0.1) is 0 Å². The van der Waals surface area contributed by atoms with Gasteiger partial charge in [0.25, 0.3) is 0 Å². The fourth-order valence-electron chi connectivity index (χ4n) is 3.43. The largest absolute Gasteiger partial charge is 0.469 e. The van der Waals surface area contributed by atoms with Crippen LogP contribution in [0.4, 0.5) is 16.2 Å². The van der Waals surface area contributed by atoms with Crippen molar-refractivity contribution in [2.24, 2.45) is 11.8 Å². The maximum Gasteiger partial charge on any atom is 0.319 e. The van der Waals surface area contributed by atoms with E-state index in [0.29, 0.717) is 24.3 Å². The summed E-state index contributed by atoms with van der Waals surface area (Å²) in [5.41, 5.74) is 1.26.